The highest BCUT2D eigenvalue weighted by molar-refractivity contribution is 5.53. The zero-order chi connectivity index (χ0) is 23.8. The zero-order valence-corrected chi connectivity index (χ0v) is 19.9. The van der Waals surface area contributed by atoms with E-state index in [1.807, 2.05) is 6.92 Å². The molecule has 0 bridgehead atoms. The van der Waals surface area contributed by atoms with Crippen molar-refractivity contribution in [2.75, 3.05) is 45.4 Å². The molecular weight excluding hydrogens is 390 g/mol. The number of anilines is 2. The summed E-state index contributed by atoms with van der Waals surface area (Å²) in [7, 11) is 5.83. The summed E-state index contributed by atoms with van der Waals surface area (Å²) in [6, 6.07) is 6.38. The van der Waals surface area contributed by atoms with Crippen molar-refractivity contribution < 1.29 is 9.84 Å². The summed E-state index contributed by atoms with van der Waals surface area (Å²) in [5, 5.41) is 11.0. The first kappa shape index (κ1) is 28.2. The highest BCUT2D eigenvalue weighted by atomic mass is 16.5. The van der Waals surface area contributed by atoms with Crippen LogP contribution in [0.1, 0.15) is 49.1 Å². The number of unbranched alkanes of at least 4 members (excludes halogenated alkanes) is 1. The molecule has 0 atom stereocenters. The van der Waals surface area contributed by atoms with Gasteiger partial charge in [0, 0.05) is 37.4 Å². The van der Waals surface area contributed by atoms with Gasteiger partial charge in [-0.15, -0.1) is 12.8 Å². The molecular formula is C24H39N5O2. The second-order valence-corrected chi connectivity index (χ2v) is 7.15. The standard InChI is InChI=1S/C20H31N5O.C2H6O.C2H2/c1-6-7-10-22-19-17(14(2)23-20(21)24-19)12-16-9-8-15(13-25(3)4)11-18(16)26-5;1-2-3;1-2/h8-9,11H,6-7,10,12-13H2,1-5H3,(H3,21,22,23,24);3H,2H2,1H3;1-2H. The second-order valence-electron chi connectivity index (χ2n) is 7.15. The third kappa shape index (κ3) is 10.2. The molecule has 0 radical (unpaired) electrons. The summed E-state index contributed by atoms with van der Waals surface area (Å²) in [6.45, 7) is 7.83. The van der Waals surface area contributed by atoms with Gasteiger partial charge in [-0.25, -0.2) is 4.98 Å². The molecule has 1 heterocycles. The van der Waals surface area contributed by atoms with Crippen molar-refractivity contribution in [1.29, 1.82) is 0 Å². The van der Waals surface area contributed by atoms with E-state index in [1.165, 1.54) is 5.56 Å². The molecule has 0 saturated carbocycles. The van der Waals surface area contributed by atoms with Gasteiger partial charge >= 0.3 is 0 Å². The molecule has 0 unspecified atom stereocenters. The summed E-state index contributed by atoms with van der Waals surface area (Å²) in [4.78, 5) is 10.9. The van der Waals surface area contributed by atoms with Crippen LogP contribution in [0.5, 0.6) is 5.75 Å². The molecule has 0 amide bonds. The Kier molecular flexibility index (Phi) is 14.5. The first-order chi connectivity index (χ1) is 14.9. The van der Waals surface area contributed by atoms with Crippen LogP contribution in [0.3, 0.4) is 0 Å². The number of aryl methyl sites for hydroxylation is 1. The van der Waals surface area contributed by atoms with Crippen molar-refractivity contribution in [2.45, 2.75) is 46.6 Å². The van der Waals surface area contributed by atoms with Crippen LogP contribution in [0, 0.1) is 19.8 Å². The number of hydrogen-bond donors (Lipinski definition) is 3. The molecule has 1 aromatic carbocycles. The highest BCUT2D eigenvalue weighted by Crippen LogP contribution is 2.27. The smallest absolute Gasteiger partial charge is 0.222 e. The predicted octanol–water partition coefficient (Wildman–Crippen LogP) is 3.49. The van der Waals surface area contributed by atoms with Crippen LogP contribution < -0.4 is 15.8 Å². The number of nitrogen functional groups attached to an aromatic ring is 1. The van der Waals surface area contributed by atoms with Crippen LogP contribution in [0.25, 0.3) is 0 Å². The largest absolute Gasteiger partial charge is 0.496 e. The lowest BCUT2D eigenvalue weighted by atomic mass is 10.0. The monoisotopic (exact) mass is 429 g/mol. The number of hydrogen-bond acceptors (Lipinski definition) is 7. The number of nitrogens with two attached hydrogens (primary N) is 1. The van der Waals surface area contributed by atoms with E-state index in [9.17, 15) is 0 Å². The fraction of sp³-hybridized carbons (Fsp3) is 0.500. The molecule has 0 aliphatic carbocycles. The molecule has 1 aromatic heterocycles. The van der Waals surface area contributed by atoms with Gasteiger partial charge in [0.25, 0.3) is 0 Å². The fourth-order valence-corrected chi connectivity index (χ4v) is 2.95. The minimum absolute atomic E-state index is 0.250. The summed E-state index contributed by atoms with van der Waals surface area (Å²) in [5.41, 5.74) is 10.2. The van der Waals surface area contributed by atoms with Crippen molar-refractivity contribution in [2.24, 2.45) is 0 Å². The maximum Gasteiger partial charge on any atom is 0.222 e. The van der Waals surface area contributed by atoms with Gasteiger partial charge < -0.3 is 25.8 Å². The Labute approximate surface area is 188 Å². The van der Waals surface area contributed by atoms with E-state index in [-0.39, 0.29) is 6.61 Å². The minimum atomic E-state index is 0.250. The van der Waals surface area contributed by atoms with E-state index < -0.39 is 0 Å². The highest BCUT2D eigenvalue weighted by Gasteiger charge is 2.14. The first-order valence-corrected chi connectivity index (χ1v) is 10.5. The summed E-state index contributed by atoms with van der Waals surface area (Å²) < 4.78 is 5.64. The lowest BCUT2D eigenvalue weighted by Crippen LogP contribution is -2.12. The Morgan fingerprint density at radius 1 is 1.19 bits per heavy atom. The normalized spacial score (nSPS) is 9.87. The zero-order valence-electron chi connectivity index (χ0n) is 19.9. The van der Waals surface area contributed by atoms with Gasteiger partial charge in [-0.05, 0) is 51.6 Å². The summed E-state index contributed by atoms with van der Waals surface area (Å²) >= 11 is 0. The SMILES string of the molecule is C#C.CCCCNc1nc(N)nc(C)c1Cc1ccc(CN(C)C)cc1OC.CCO. The van der Waals surface area contributed by atoms with Crippen LogP contribution in [0.2, 0.25) is 0 Å². The van der Waals surface area contributed by atoms with Crippen molar-refractivity contribution in [3.63, 3.8) is 0 Å². The topological polar surface area (TPSA) is 96.5 Å². The molecule has 31 heavy (non-hydrogen) atoms. The lowest BCUT2D eigenvalue weighted by molar-refractivity contribution is 0.318. The Morgan fingerprint density at radius 3 is 2.39 bits per heavy atom. The average Bonchev–Trinajstić information content (AvgIpc) is 2.73. The second kappa shape index (κ2) is 15.9. The van der Waals surface area contributed by atoms with Crippen molar-refractivity contribution in [3.05, 3.63) is 40.6 Å². The van der Waals surface area contributed by atoms with E-state index in [1.54, 1.807) is 14.0 Å². The molecule has 0 spiro atoms. The van der Waals surface area contributed by atoms with Crippen molar-refractivity contribution in [3.8, 4) is 18.6 Å². The van der Waals surface area contributed by atoms with Crippen LogP contribution in [0.4, 0.5) is 11.8 Å². The van der Waals surface area contributed by atoms with Crippen molar-refractivity contribution in [1.82, 2.24) is 14.9 Å². The fourth-order valence-electron chi connectivity index (χ4n) is 2.95. The number of benzene rings is 1. The number of terminal acetylenes is 1. The Bertz CT molecular complexity index is 791. The van der Waals surface area contributed by atoms with E-state index in [0.29, 0.717) is 12.4 Å². The van der Waals surface area contributed by atoms with E-state index in [4.69, 9.17) is 15.6 Å². The maximum atomic E-state index is 7.57. The molecule has 0 aliphatic heterocycles. The number of aromatic nitrogens is 2. The third-order valence-electron chi connectivity index (χ3n) is 4.27. The number of nitrogens with one attached hydrogen (secondary N) is 1. The molecule has 0 aliphatic rings. The van der Waals surface area contributed by atoms with Gasteiger partial charge in [0.1, 0.15) is 11.6 Å². The van der Waals surface area contributed by atoms with Crippen LogP contribution in [-0.4, -0.2) is 54.3 Å². The van der Waals surface area contributed by atoms with E-state index in [0.717, 1.165) is 54.3 Å². The summed E-state index contributed by atoms with van der Waals surface area (Å²) in [6.07, 6.45) is 10.9. The Balaban J connectivity index is 0.00000165. The quantitative estimate of drug-likeness (QED) is 0.415. The van der Waals surface area contributed by atoms with Crippen LogP contribution in [-0.2, 0) is 13.0 Å². The number of aliphatic hydroxyl groups excluding tert-OH is 1. The first-order valence-electron chi connectivity index (χ1n) is 10.5. The van der Waals surface area contributed by atoms with Crippen LogP contribution in [0.15, 0.2) is 18.2 Å². The molecule has 2 rings (SSSR count). The molecule has 4 N–H and O–H groups in total. The average molecular weight is 430 g/mol. The number of nitrogens with zero attached hydrogens (tertiary/aromatic N) is 3. The molecule has 7 nitrogen and oxygen atoms in total. The lowest BCUT2D eigenvalue weighted by Gasteiger charge is -2.17. The number of aliphatic hydroxyl groups is 1. The minimum Gasteiger partial charge on any atom is -0.496 e. The van der Waals surface area contributed by atoms with Gasteiger partial charge in [0.15, 0.2) is 0 Å². The van der Waals surface area contributed by atoms with Gasteiger partial charge in [-0.2, -0.15) is 4.98 Å². The van der Waals surface area contributed by atoms with E-state index >= 15 is 0 Å². The van der Waals surface area contributed by atoms with Gasteiger partial charge in [0.05, 0.1) is 7.11 Å². The van der Waals surface area contributed by atoms with Gasteiger partial charge in [0.2, 0.25) is 5.95 Å². The number of rotatable bonds is 9. The molecule has 7 heteroatoms. The van der Waals surface area contributed by atoms with Crippen LogP contribution >= 0.6 is 0 Å². The predicted molar refractivity (Wildman–Crippen MR) is 130 cm³/mol. The van der Waals surface area contributed by atoms with E-state index in [2.05, 4.69) is 72.2 Å². The Hall–Kier alpha value is -2.82. The third-order valence-corrected chi connectivity index (χ3v) is 4.27. The molecule has 172 valence electrons. The van der Waals surface area contributed by atoms with Crippen molar-refractivity contribution >= 4 is 11.8 Å². The molecule has 0 saturated heterocycles. The Morgan fingerprint density at radius 2 is 1.84 bits per heavy atom. The number of ether oxygens (including phenoxy) is 1. The maximum absolute atomic E-state index is 7.57. The number of methoxy groups -OCH3 is 1. The molecule has 2 aromatic rings. The van der Waals surface area contributed by atoms with Gasteiger partial charge in [-0.3, -0.25) is 0 Å². The molecule has 0 fully saturated rings. The summed E-state index contributed by atoms with van der Waals surface area (Å²) in [5.74, 6) is 2.02. The van der Waals surface area contributed by atoms with Gasteiger partial charge in [-0.1, -0.05) is 25.5 Å².